The molecule has 0 aliphatic rings. The maximum absolute atomic E-state index is 7.01. The number of aryl methyl sites for hydroxylation is 2. The summed E-state index contributed by atoms with van der Waals surface area (Å²) in [5.74, 6) is 1.62. The summed E-state index contributed by atoms with van der Waals surface area (Å²) in [6.07, 6.45) is 0. The van der Waals surface area contributed by atoms with Crippen molar-refractivity contribution in [3.8, 4) is 11.6 Å². The average Bonchev–Trinajstić information content (AvgIpc) is 2.35. The lowest BCUT2D eigenvalue weighted by molar-refractivity contribution is 0.455. The summed E-state index contributed by atoms with van der Waals surface area (Å²) >= 11 is 5.99. The van der Waals surface area contributed by atoms with Gasteiger partial charge in [-0.15, -0.1) is 0 Å². The minimum Gasteiger partial charge on any atom is -0.439 e. The molecule has 0 unspecified atom stereocenters. The highest BCUT2D eigenvalue weighted by atomic mass is 35.5. The van der Waals surface area contributed by atoms with Gasteiger partial charge in [0.15, 0.2) is 5.69 Å². The van der Waals surface area contributed by atoms with Crippen LogP contribution < -0.4 is 4.74 Å². The Balaban J connectivity index is 2.37. The van der Waals surface area contributed by atoms with Crippen LogP contribution in [0.1, 0.15) is 17.0 Å². The van der Waals surface area contributed by atoms with E-state index in [1.54, 1.807) is 32.0 Å². The molecular formula is C14H12ClN3O. The molecule has 0 amide bonds. The first-order chi connectivity index (χ1) is 9.01. The van der Waals surface area contributed by atoms with Gasteiger partial charge in [-0.1, -0.05) is 17.7 Å². The minimum absolute atomic E-state index is 0.386. The quantitative estimate of drug-likeness (QED) is 0.601. The van der Waals surface area contributed by atoms with Gasteiger partial charge in [-0.2, -0.15) is 4.98 Å². The lowest BCUT2D eigenvalue weighted by atomic mass is 10.2. The Labute approximate surface area is 116 Å². The highest BCUT2D eigenvalue weighted by Gasteiger charge is 2.10. The highest BCUT2D eigenvalue weighted by molar-refractivity contribution is 6.30. The van der Waals surface area contributed by atoms with Crippen molar-refractivity contribution in [3.63, 3.8) is 0 Å². The van der Waals surface area contributed by atoms with E-state index in [1.165, 1.54) is 0 Å². The number of halogens is 1. The zero-order valence-corrected chi connectivity index (χ0v) is 11.6. The molecule has 5 heteroatoms. The molecule has 0 atom stereocenters. The molecule has 1 aromatic heterocycles. The second kappa shape index (κ2) is 5.25. The van der Waals surface area contributed by atoms with Crippen LogP contribution in [0.4, 0.5) is 5.69 Å². The van der Waals surface area contributed by atoms with E-state index >= 15 is 0 Å². The molecule has 96 valence electrons. The molecule has 0 saturated carbocycles. The van der Waals surface area contributed by atoms with Crippen LogP contribution in [0.15, 0.2) is 18.2 Å². The van der Waals surface area contributed by atoms with E-state index in [-0.39, 0.29) is 0 Å². The van der Waals surface area contributed by atoms with E-state index in [4.69, 9.17) is 22.9 Å². The van der Waals surface area contributed by atoms with Crippen LogP contribution >= 0.6 is 11.6 Å². The second-order valence-electron chi connectivity index (χ2n) is 4.15. The molecule has 19 heavy (non-hydrogen) atoms. The van der Waals surface area contributed by atoms with Crippen LogP contribution in [0.3, 0.4) is 0 Å². The van der Waals surface area contributed by atoms with Gasteiger partial charge in [0.25, 0.3) is 0 Å². The summed E-state index contributed by atoms with van der Waals surface area (Å²) in [7, 11) is 0. The third-order valence-electron chi connectivity index (χ3n) is 2.66. The molecule has 1 aromatic carbocycles. The van der Waals surface area contributed by atoms with Gasteiger partial charge in [0.05, 0.1) is 6.57 Å². The SMILES string of the molecule is [C-]#[N+]c1ccc(Oc2nc(C)nc(Cl)c2C)cc1C. The van der Waals surface area contributed by atoms with E-state index in [1.807, 2.05) is 6.92 Å². The number of hydrogen-bond donors (Lipinski definition) is 0. The molecule has 2 aromatic rings. The van der Waals surface area contributed by atoms with Crippen molar-refractivity contribution in [2.24, 2.45) is 0 Å². The van der Waals surface area contributed by atoms with Crippen LogP contribution in [0.5, 0.6) is 11.6 Å². The molecule has 0 N–H and O–H groups in total. The van der Waals surface area contributed by atoms with E-state index in [2.05, 4.69) is 14.8 Å². The molecule has 0 bridgehead atoms. The second-order valence-corrected chi connectivity index (χ2v) is 4.51. The number of aromatic nitrogens is 2. The number of nitrogens with zero attached hydrogens (tertiary/aromatic N) is 3. The molecule has 0 aliphatic carbocycles. The van der Waals surface area contributed by atoms with E-state index < -0.39 is 0 Å². The van der Waals surface area contributed by atoms with Crippen molar-refractivity contribution >= 4 is 17.3 Å². The molecule has 0 fully saturated rings. The highest BCUT2D eigenvalue weighted by Crippen LogP contribution is 2.29. The fraction of sp³-hybridized carbons (Fsp3) is 0.214. The van der Waals surface area contributed by atoms with Crippen LogP contribution in [-0.4, -0.2) is 9.97 Å². The minimum atomic E-state index is 0.386. The van der Waals surface area contributed by atoms with Crippen molar-refractivity contribution in [1.82, 2.24) is 9.97 Å². The van der Waals surface area contributed by atoms with Crippen LogP contribution in [0.2, 0.25) is 5.15 Å². The number of hydrogen-bond acceptors (Lipinski definition) is 3. The Morgan fingerprint density at radius 2 is 1.95 bits per heavy atom. The van der Waals surface area contributed by atoms with Gasteiger partial charge < -0.3 is 4.74 Å². The predicted octanol–water partition coefficient (Wildman–Crippen LogP) is 4.40. The first kappa shape index (κ1) is 13.3. The first-order valence-corrected chi connectivity index (χ1v) is 6.05. The van der Waals surface area contributed by atoms with Gasteiger partial charge >= 0.3 is 0 Å². The topological polar surface area (TPSA) is 39.4 Å². The van der Waals surface area contributed by atoms with Crippen LogP contribution in [0.25, 0.3) is 4.85 Å². The summed E-state index contributed by atoms with van der Waals surface area (Å²) in [6.45, 7) is 12.4. The monoisotopic (exact) mass is 273 g/mol. The molecule has 1 heterocycles. The molecule has 2 rings (SSSR count). The van der Waals surface area contributed by atoms with Gasteiger partial charge in [0, 0.05) is 5.56 Å². The predicted molar refractivity (Wildman–Crippen MR) is 74.0 cm³/mol. The fourth-order valence-electron chi connectivity index (χ4n) is 1.60. The largest absolute Gasteiger partial charge is 0.439 e. The van der Waals surface area contributed by atoms with Gasteiger partial charge in [-0.3, -0.25) is 0 Å². The Bertz CT molecular complexity index is 677. The standard InChI is InChI=1S/C14H12ClN3O/c1-8-7-11(5-6-12(8)16-4)19-14-9(2)13(15)17-10(3)18-14/h5-7H,1-3H3. The lowest BCUT2D eigenvalue weighted by Gasteiger charge is -2.10. The normalized spacial score (nSPS) is 10.1. The van der Waals surface area contributed by atoms with E-state index in [0.29, 0.717) is 33.9 Å². The van der Waals surface area contributed by atoms with Crippen molar-refractivity contribution in [1.29, 1.82) is 0 Å². The summed E-state index contributed by atoms with van der Waals surface area (Å²) < 4.78 is 5.71. The zero-order valence-electron chi connectivity index (χ0n) is 10.9. The first-order valence-electron chi connectivity index (χ1n) is 5.68. The van der Waals surface area contributed by atoms with Gasteiger partial charge in [-0.05, 0) is 38.5 Å². The summed E-state index contributed by atoms with van der Waals surface area (Å²) in [5, 5.41) is 0.386. The fourth-order valence-corrected chi connectivity index (χ4v) is 1.80. The molecule has 0 spiro atoms. The van der Waals surface area contributed by atoms with Crippen molar-refractivity contribution in [3.05, 3.63) is 51.7 Å². The molecule has 0 saturated heterocycles. The van der Waals surface area contributed by atoms with Crippen LogP contribution in [-0.2, 0) is 0 Å². The molecular weight excluding hydrogens is 262 g/mol. The van der Waals surface area contributed by atoms with Gasteiger partial charge in [-0.25, -0.2) is 9.83 Å². The van der Waals surface area contributed by atoms with Crippen LogP contribution in [0, 0.1) is 27.3 Å². The van der Waals surface area contributed by atoms with Gasteiger partial charge in [0.1, 0.15) is 16.7 Å². The lowest BCUT2D eigenvalue weighted by Crippen LogP contribution is -1.97. The zero-order chi connectivity index (χ0) is 14.0. The third-order valence-corrected chi connectivity index (χ3v) is 3.02. The number of ether oxygens (including phenoxy) is 1. The van der Waals surface area contributed by atoms with Gasteiger partial charge in [0.2, 0.25) is 5.88 Å². The van der Waals surface area contributed by atoms with Crippen molar-refractivity contribution in [2.45, 2.75) is 20.8 Å². The summed E-state index contributed by atoms with van der Waals surface area (Å²) in [6, 6.07) is 5.27. The van der Waals surface area contributed by atoms with E-state index in [0.717, 1.165) is 5.56 Å². The Hall–Kier alpha value is -2.12. The Morgan fingerprint density at radius 1 is 1.21 bits per heavy atom. The molecule has 4 nitrogen and oxygen atoms in total. The Morgan fingerprint density at radius 3 is 2.58 bits per heavy atom. The van der Waals surface area contributed by atoms with Crippen molar-refractivity contribution in [2.75, 3.05) is 0 Å². The maximum atomic E-state index is 7.01. The Kier molecular flexibility index (Phi) is 3.68. The smallest absolute Gasteiger partial charge is 0.226 e. The van der Waals surface area contributed by atoms with E-state index in [9.17, 15) is 0 Å². The maximum Gasteiger partial charge on any atom is 0.226 e. The third kappa shape index (κ3) is 2.83. The summed E-state index contributed by atoms with van der Waals surface area (Å²) in [5.41, 5.74) is 2.17. The van der Waals surface area contributed by atoms with Crippen molar-refractivity contribution < 1.29 is 4.74 Å². The summed E-state index contributed by atoms with van der Waals surface area (Å²) in [4.78, 5) is 11.7. The molecule has 0 aliphatic heterocycles. The average molecular weight is 274 g/mol. The molecule has 0 radical (unpaired) electrons. The number of rotatable bonds is 2. The number of benzene rings is 1.